The van der Waals surface area contributed by atoms with Crippen LogP contribution in [0.15, 0.2) is 65.4 Å². The van der Waals surface area contributed by atoms with Crippen LogP contribution in [0, 0.1) is 0 Å². The summed E-state index contributed by atoms with van der Waals surface area (Å²) in [4.78, 5) is 27.2. The van der Waals surface area contributed by atoms with Crippen molar-refractivity contribution < 1.29 is 23.8 Å². The molecule has 1 amide bonds. The second kappa shape index (κ2) is 8.65. The predicted octanol–water partition coefficient (Wildman–Crippen LogP) is 3.97. The summed E-state index contributed by atoms with van der Waals surface area (Å²) in [6, 6.07) is 14.4. The van der Waals surface area contributed by atoms with E-state index in [1.54, 1.807) is 44.4 Å². The molecule has 29 heavy (non-hydrogen) atoms. The first-order valence-electron chi connectivity index (χ1n) is 9.22. The van der Waals surface area contributed by atoms with E-state index >= 15 is 0 Å². The highest BCUT2D eigenvalue weighted by Gasteiger charge is 2.38. The predicted molar refractivity (Wildman–Crippen MR) is 111 cm³/mol. The van der Waals surface area contributed by atoms with Gasteiger partial charge in [-0.2, -0.15) is 0 Å². The smallest absolute Gasteiger partial charge is 0.340 e. The molecule has 0 radical (unpaired) electrons. The van der Waals surface area contributed by atoms with Gasteiger partial charge >= 0.3 is 5.97 Å². The zero-order valence-electron chi connectivity index (χ0n) is 16.9. The summed E-state index contributed by atoms with van der Waals surface area (Å²) in [5.74, 6) is 0.500. The van der Waals surface area contributed by atoms with E-state index in [4.69, 9.17) is 14.2 Å². The van der Waals surface area contributed by atoms with Gasteiger partial charge in [0.15, 0.2) is 0 Å². The molecule has 6 nitrogen and oxygen atoms in total. The highest BCUT2D eigenvalue weighted by atomic mass is 16.5. The van der Waals surface area contributed by atoms with Gasteiger partial charge in [0.1, 0.15) is 11.5 Å². The maximum absolute atomic E-state index is 13.3. The van der Waals surface area contributed by atoms with Crippen LogP contribution in [0.5, 0.6) is 11.5 Å². The summed E-state index contributed by atoms with van der Waals surface area (Å²) in [5, 5.41) is 0. The van der Waals surface area contributed by atoms with Crippen molar-refractivity contribution in [2.24, 2.45) is 0 Å². The number of amides is 1. The van der Waals surface area contributed by atoms with Crippen LogP contribution < -0.4 is 14.4 Å². The van der Waals surface area contributed by atoms with Crippen molar-refractivity contribution in [2.75, 3.05) is 25.7 Å². The number of nitrogens with zero attached hydrogens (tertiary/aromatic N) is 1. The topological polar surface area (TPSA) is 65.1 Å². The Morgan fingerprint density at radius 1 is 1.07 bits per heavy atom. The Labute approximate surface area is 170 Å². The van der Waals surface area contributed by atoms with Gasteiger partial charge in [-0.3, -0.25) is 9.69 Å². The molecule has 1 aliphatic heterocycles. The highest BCUT2D eigenvalue weighted by molar-refractivity contribution is 6.23. The molecule has 0 fully saturated rings. The van der Waals surface area contributed by atoms with Gasteiger partial charge in [-0.25, -0.2) is 4.79 Å². The van der Waals surface area contributed by atoms with Crippen molar-refractivity contribution in [3.05, 3.63) is 70.9 Å². The molecule has 0 unspecified atom stereocenters. The number of carbonyl (C=O) groups is 2. The van der Waals surface area contributed by atoms with Crippen LogP contribution in [0.4, 0.5) is 5.69 Å². The lowest BCUT2D eigenvalue weighted by Gasteiger charge is -2.18. The standard InChI is InChI=1S/C23H23NO5/c1-5-29-18-11-9-16(10-12-18)13-20-21(23(26)28-4)15(2)24(22(20)25)17-7-6-8-19(14-17)27-3/h6-14H,5H2,1-4H3. The van der Waals surface area contributed by atoms with Gasteiger partial charge in [0.05, 0.1) is 37.7 Å². The quantitative estimate of drug-likeness (QED) is 0.549. The second-order valence-corrected chi connectivity index (χ2v) is 6.35. The van der Waals surface area contributed by atoms with Crippen molar-refractivity contribution in [2.45, 2.75) is 13.8 Å². The van der Waals surface area contributed by atoms with E-state index in [-0.39, 0.29) is 17.1 Å². The number of ether oxygens (including phenoxy) is 3. The summed E-state index contributed by atoms with van der Waals surface area (Å²) >= 11 is 0. The van der Waals surface area contributed by atoms with Crippen molar-refractivity contribution in [1.82, 2.24) is 0 Å². The van der Waals surface area contributed by atoms with Gasteiger partial charge < -0.3 is 14.2 Å². The number of esters is 1. The molecule has 6 heteroatoms. The molecule has 0 saturated heterocycles. The molecule has 3 rings (SSSR count). The number of carbonyl (C=O) groups excluding carboxylic acids is 2. The van der Waals surface area contributed by atoms with Gasteiger partial charge in [0.25, 0.3) is 5.91 Å². The lowest BCUT2D eigenvalue weighted by atomic mass is 10.0. The van der Waals surface area contributed by atoms with E-state index in [2.05, 4.69) is 0 Å². The molecule has 0 saturated carbocycles. The fraction of sp³-hybridized carbons (Fsp3) is 0.217. The minimum absolute atomic E-state index is 0.245. The minimum atomic E-state index is -0.557. The van der Waals surface area contributed by atoms with E-state index in [9.17, 15) is 9.59 Å². The maximum Gasteiger partial charge on any atom is 0.340 e. The number of methoxy groups -OCH3 is 2. The Morgan fingerprint density at radius 2 is 1.79 bits per heavy atom. The first-order chi connectivity index (χ1) is 14.0. The largest absolute Gasteiger partial charge is 0.497 e. The molecule has 2 aromatic rings. The van der Waals surface area contributed by atoms with Gasteiger partial charge in [0.2, 0.25) is 0 Å². The van der Waals surface area contributed by atoms with Crippen LogP contribution in [0.25, 0.3) is 6.08 Å². The number of benzene rings is 2. The molecule has 150 valence electrons. The number of allylic oxidation sites excluding steroid dienone is 1. The Hall–Kier alpha value is -3.54. The monoisotopic (exact) mass is 393 g/mol. The molecular weight excluding hydrogens is 370 g/mol. The minimum Gasteiger partial charge on any atom is -0.497 e. The summed E-state index contributed by atoms with van der Waals surface area (Å²) in [7, 11) is 2.86. The van der Waals surface area contributed by atoms with Crippen LogP contribution in [0.2, 0.25) is 0 Å². The molecule has 0 aliphatic carbocycles. The zero-order valence-corrected chi connectivity index (χ0v) is 16.9. The summed E-state index contributed by atoms with van der Waals surface area (Å²) < 4.78 is 15.7. The zero-order chi connectivity index (χ0) is 21.0. The van der Waals surface area contributed by atoms with E-state index in [1.165, 1.54) is 12.0 Å². The number of hydrogen-bond acceptors (Lipinski definition) is 5. The van der Waals surface area contributed by atoms with E-state index in [1.807, 2.05) is 31.2 Å². The molecule has 0 bridgehead atoms. The highest BCUT2D eigenvalue weighted by Crippen LogP contribution is 2.36. The van der Waals surface area contributed by atoms with Crippen LogP contribution in [0.3, 0.4) is 0 Å². The summed E-state index contributed by atoms with van der Waals surface area (Å²) in [5.41, 5.74) is 2.42. The number of hydrogen-bond donors (Lipinski definition) is 0. The van der Waals surface area contributed by atoms with E-state index in [0.717, 1.165) is 11.3 Å². The third-order valence-corrected chi connectivity index (χ3v) is 4.60. The first kappa shape index (κ1) is 20.2. The summed E-state index contributed by atoms with van der Waals surface area (Å²) in [6.45, 7) is 4.21. The van der Waals surface area contributed by atoms with Crippen molar-refractivity contribution in [3.63, 3.8) is 0 Å². The fourth-order valence-corrected chi connectivity index (χ4v) is 3.23. The molecular formula is C23H23NO5. The molecule has 1 heterocycles. The normalized spacial score (nSPS) is 15.1. The Morgan fingerprint density at radius 3 is 2.41 bits per heavy atom. The third-order valence-electron chi connectivity index (χ3n) is 4.60. The van der Waals surface area contributed by atoms with Crippen molar-refractivity contribution in [1.29, 1.82) is 0 Å². The van der Waals surface area contributed by atoms with Crippen LogP contribution in [-0.2, 0) is 14.3 Å². The third kappa shape index (κ3) is 4.01. The number of anilines is 1. The maximum atomic E-state index is 13.3. The molecule has 0 atom stereocenters. The fourth-order valence-electron chi connectivity index (χ4n) is 3.23. The molecule has 0 spiro atoms. The first-order valence-corrected chi connectivity index (χ1v) is 9.22. The molecule has 0 N–H and O–H groups in total. The van der Waals surface area contributed by atoms with Crippen LogP contribution >= 0.6 is 0 Å². The van der Waals surface area contributed by atoms with Crippen molar-refractivity contribution in [3.8, 4) is 11.5 Å². The van der Waals surface area contributed by atoms with E-state index < -0.39 is 5.97 Å². The second-order valence-electron chi connectivity index (χ2n) is 6.35. The molecule has 1 aliphatic rings. The van der Waals surface area contributed by atoms with Gasteiger partial charge in [-0.1, -0.05) is 18.2 Å². The SMILES string of the molecule is CCOc1ccc(C=C2C(=O)N(c3cccc(OC)c3)C(C)=C2C(=O)OC)cc1. The lowest BCUT2D eigenvalue weighted by Crippen LogP contribution is -2.24. The summed E-state index contributed by atoms with van der Waals surface area (Å²) in [6.07, 6.45) is 1.69. The average molecular weight is 393 g/mol. The van der Waals surface area contributed by atoms with Gasteiger partial charge in [0, 0.05) is 11.8 Å². The van der Waals surface area contributed by atoms with Gasteiger partial charge in [-0.15, -0.1) is 0 Å². The Kier molecular flexibility index (Phi) is 6.02. The molecule has 2 aromatic carbocycles. The van der Waals surface area contributed by atoms with E-state index in [0.29, 0.717) is 23.7 Å². The van der Waals surface area contributed by atoms with Crippen LogP contribution in [0.1, 0.15) is 19.4 Å². The lowest BCUT2D eigenvalue weighted by molar-refractivity contribution is -0.136. The van der Waals surface area contributed by atoms with Crippen molar-refractivity contribution >= 4 is 23.6 Å². The van der Waals surface area contributed by atoms with Crippen LogP contribution in [-0.4, -0.2) is 32.7 Å². The Bertz CT molecular complexity index is 989. The number of rotatable bonds is 6. The molecule has 0 aromatic heterocycles. The Balaban J connectivity index is 2.06. The van der Waals surface area contributed by atoms with Gasteiger partial charge in [-0.05, 0) is 49.8 Å². The average Bonchev–Trinajstić information content (AvgIpc) is 2.98.